The van der Waals surface area contributed by atoms with Gasteiger partial charge in [0, 0.05) is 17.1 Å². The Morgan fingerprint density at radius 2 is 1.75 bits per heavy atom. The van der Waals surface area contributed by atoms with Crippen molar-refractivity contribution in [2.45, 2.75) is 17.9 Å². The molecule has 2 aromatic rings. The van der Waals surface area contributed by atoms with E-state index in [1.807, 2.05) is 48.7 Å². The summed E-state index contributed by atoms with van der Waals surface area (Å²) in [5.74, 6) is -0.804. The fraction of sp³-hybridized carbons (Fsp3) is 0.188. The molecule has 104 valence electrons. The number of benzene rings is 2. The van der Waals surface area contributed by atoms with Crippen molar-refractivity contribution >= 4 is 23.4 Å². The maximum absolute atomic E-state index is 10.9. The van der Waals surface area contributed by atoms with Crippen LogP contribution >= 0.6 is 11.8 Å². The molecule has 4 heteroatoms. The Kier molecular flexibility index (Phi) is 5.07. The Morgan fingerprint density at radius 3 is 2.45 bits per heavy atom. The smallest absolute Gasteiger partial charge is 0.307 e. The quantitative estimate of drug-likeness (QED) is 0.796. The number of hydrogen-bond acceptors (Lipinski definition) is 3. The predicted octanol–water partition coefficient (Wildman–Crippen LogP) is 3.65. The molecule has 0 radical (unpaired) electrons. The number of carboxylic acids is 1. The van der Waals surface area contributed by atoms with E-state index in [1.165, 1.54) is 4.90 Å². The molecule has 0 saturated carbocycles. The second-order valence-electron chi connectivity index (χ2n) is 4.39. The molecule has 0 saturated heterocycles. The summed E-state index contributed by atoms with van der Waals surface area (Å²) < 4.78 is 0. The standard InChI is InChI=1S/C16H17NO2S/c1-20-15-9-5-4-8-14(15)17-11-13-7-3-2-6-12(13)10-16(18)19/h2-9,17H,10-11H2,1H3,(H,18,19). The van der Waals surface area contributed by atoms with Crippen LogP contribution in [0.3, 0.4) is 0 Å². The van der Waals surface area contributed by atoms with Crippen LogP contribution in [0.25, 0.3) is 0 Å². The Labute approximate surface area is 123 Å². The second kappa shape index (κ2) is 7.01. The molecule has 0 aliphatic heterocycles. The van der Waals surface area contributed by atoms with Crippen LogP contribution in [0.15, 0.2) is 53.4 Å². The summed E-state index contributed by atoms with van der Waals surface area (Å²) in [5.41, 5.74) is 2.95. The Morgan fingerprint density at radius 1 is 1.10 bits per heavy atom. The lowest BCUT2D eigenvalue weighted by Gasteiger charge is -2.12. The summed E-state index contributed by atoms with van der Waals surface area (Å²) in [5, 5.41) is 12.3. The maximum atomic E-state index is 10.9. The minimum absolute atomic E-state index is 0.0576. The van der Waals surface area contributed by atoms with Gasteiger partial charge in [-0.2, -0.15) is 0 Å². The van der Waals surface area contributed by atoms with Crippen molar-refractivity contribution in [2.24, 2.45) is 0 Å². The normalized spacial score (nSPS) is 10.2. The van der Waals surface area contributed by atoms with Gasteiger partial charge in [0.1, 0.15) is 0 Å². The number of nitrogens with one attached hydrogen (secondary N) is 1. The zero-order chi connectivity index (χ0) is 14.4. The Balaban J connectivity index is 2.12. The van der Waals surface area contributed by atoms with Crippen LogP contribution in [0.1, 0.15) is 11.1 Å². The summed E-state index contributed by atoms with van der Waals surface area (Å²) in [7, 11) is 0. The van der Waals surface area contributed by atoms with Crippen molar-refractivity contribution < 1.29 is 9.90 Å². The molecule has 2 aromatic carbocycles. The number of rotatable bonds is 6. The summed E-state index contributed by atoms with van der Waals surface area (Å²) in [6, 6.07) is 15.7. The SMILES string of the molecule is CSc1ccccc1NCc1ccccc1CC(=O)O. The van der Waals surface area contributed by atoms with E-state index < -0.39 is 5.97 Å². The molecule has 0 amide bonds. The highest BCUT2D eigenvalue weighted by molar-refractivity contribution is 7.98. The van der Waals surface area contributed by atoms with Crippen LogP contribution in [-0.4, -0.2) is 17.3 Å². The van der Waals surface area contributed by atoms with Gasteiger partial charge in [-0.25, -0.2) is 0 Å². The minimum Gasteiger partial charge on any atom is -0.481 e. The third-order valence-electron chi connectivity index (χ3n) is 3.04. The minimum atomic E-state index is -0.804. The van der Waals surface area contributed by atoms with E-state index >= 15 is 0 Å². The molecule has 0 atom stereocenters. The zero-order valence-electron chi connectivity index (χ0n) is 11.3. The van der Waals surface area contributed by atoms with Gasteiger partial charge in [0.2, 0.25) is 0 Å². The van der Waals surface area contributed by atoms with Crippen molar-refractivity contribution in [1.82, 2.24) is 0 Å². The van der Waals surface area contributed by atoms with Crippen LogP contribution in [0, 0.1) is 0 Å². The Hall–Kier alpha value is -1.94. The maximum Gasteiger partial charge on any atom is 0.307 e. The molecule has 0 fully saturated rings. The van der Waals surface area contributed by atoms with Gasteiger partial charge >= 0.3 is 5.97 Å². The van der Waals surface area contributed by atoms with Gasteiger partial charge < -0.3 is 10.4 Å². The molecule has 0 bridgehead atoms. The van der Waals surface area contributed by atoms with E-state index in [1.54, 1.807) is 11.8 Å². The zero-order valence-corrected chi connectivity index (χ0v) is 12.1. The fourth-order valence-electron chi connectivity index (χ4n) is 2.05. The molecule has 0 spiro atoms. The van der Waals surface area contributed by atoms with Crippen LogP contribution in [0.2, 0.25) is 0 Å². The van der Waals surface area contributed by atoms with E-state index in [2.05, 4.69) is 11.4 Å². The van der Waals surface area contributed by atoms with Crippen LogP contribution < -0.4 is 5.32 Å². The van der Waals surface area contributed by atoms with E-state index in [9.17, 15) is 4.79 Å². The van der Waals surface area contributed by atoms with Crippen molar-refractivity contribution in [3.05, 3.63) is 59.7 Å². The van der Waals surface area contributed by atoms with E-state index in [0.29, 0.717) is 6.54 Å². The monoisotopic (exact) mass is 287 g/mol. The molecular weight excluding hydrogens is 270 g/mol. The largest absolute Gasteiger partial charge is 0.481 e. The van der Waals surface area contributed by atoms with Crippen molar-refractivity contribution in [2.75, 3.05) is 11.6 Å². The lowest BCUT2D eigenvalue weighted by atomic mass is 10.0. The van der Waals surface area contributed by atoms with Crippen molar-refractivity contribution in [3.8, 4) is 0 Å². The third-order valence-corrected chi connectivity index (χ3v) is 3.83. The van der Waals surface area contributed by atoms with Crippen LogP contribution in [0.4, 0.5) is 5.69 Å². The number of anilines is 1. The van der Waals surface area contributed by atoms with Crippen molar-refractivity contribution in [1.29, 1.82) is 0 Å². The number of carboxylic acid groups (broad SMARTS) is 1. The first-order valence-corrected chi connectivity index (χ1v) is 7.58. The van der Waals surface area contributed by atoms with E-state index in [4.69, 9.17) is 5.11 Å². The lowest BCUT2D eigenvalue weighted by molar-refractivity contribution is -0.136. The molecule has 0 aromatic heterocycles. The van der Waals surface area contributed by atoms with Gasteiger partial charge in [-0.3, -0.25) is 4.79 Å². The highest BCUT2D eigenvalue weighted by Crippen LogP contribution is 2.25. The van der Waals surface area contributed by atoms with Gasteiger partial charge in [0.15, 0.2) is 0 Å². The van der Waals surface area contributed by atoms with Crippen LogP contribution in [-0.2, 0) is 17.8 Å². The molecule has 0 aliphatic rings. The average Bonchev–Trinajstić information content (AvgIpc) is 2.46. The lowest BCUT2D eigenvalue weighted by Crippen LogP contribution is -2.07. The third kappa shape index (κ3) is 3.78. The number of para-hydroxylation sites is 1. The highest BCUT2D eigenvalue weighted by atomic mass is 32.2. The summed E-state index contributed by atoms with van der Waals surface area (Å²) in [6.07, 6.45) is 2.10. The predicted molar refractivity (Wildman–Crippen MR) is 83.3 cm³/mol. The van der Waals surface area contributed by atoms with Gasteiger partial charge in [-0.05, 0) is 29.5 Å². The number of thioether (sulfide) groups is 1. The molecule has 2 N–H and O–H groups in total. The first-order chi connectivity index (χ1) is 9.70. The average molecular weight is 287 g/mol. The molecule has 3 nitrogen and oxygen atoms in total. The summed E-state index contributed by atoms with van der Waals surface area (Å²) >= 11 is 1.69. The summed E-state index contributed by atoms with van der Waals surface area (Å²) in [6.45, 7) is 0.626. The highest BCUT2D eigenvalue weighted by Gasteiger charge is 2.07. The Bertz CT molecular complexity index is 599. The van der Waals surface area contributed by atoms with Crippen molar-refractivity contribution in [3.63, 3.8) is 0 Å². The number of aliphatic carboxylic acids is 1. The van der Waals surface area contributed by atoms with Gasteiger partial charge in [-0.15, -0.1) is 11.8 Å². The van der Waals surface area contributed by atoms with Crippen LogP contribution in [0.5, 0.6) is 0 Å². The second-order valence-corrected chi connectivity index (χ2v) is 5.24. The number of hydrogen-bond donors (Lipinski definition) is 2. The first kappa shape index (κ1) is 14.5. The molecule has 0 aliphatic carbocycles. The topological polar surface area (TPSA) is 49.3 Å². The van der Waals surface area contributed by atoms with Gasteiger partial charge in [0.25, 0.3) is 0 Å². The fourth-order valence-corrected chi connectivity index (χ4v) is 2.62. The van der Waals surface area contributed by atoms with Gasteiger partial charge in [0.05, 0.1) is 6.42 Å². The molecular formula is C16H17NO2S. The van der Waals surface area contributed by atoms with Gasteiger partial charge in [-0.1, -0.05) is 36.4 Å². The molecule has 2 rings (SSSR count). The molecule has 0 heterocycles. The first-order valence-electron chi connectivity index (χ1n) is 6.36. The molecule has 0 unspecified atom stereocenters. The van der Waals surface area contributed by atoms with E-state index in [0.717, 1.165) is 16.8 Å². The summed E-state index contributed by atoms with van der Waals surface area (Å²) in [4.78, 5) is 12.1. The number of carbonyl (C=O) groups is 1. The molecule has 20 heavy (non-hydrogen) atoms. The van der Waals surface area contributed by atoms with E-state index in [-0.39, 0.29) is 6.42 Å².